The molecule has 1 N–H and O–H groups in total. The summed E-state index contributed by atoms with van der Waals surface area (Å²) in [5, 5.41) is 3.58. The highest BCUT2D eigenvalue weighted by atomic mass is 16.5. The molecule has 4 aromatic carbocycles. The Morgan fingerprint density at radius 2 is 1.28 bits per heavy atom. The van der Waals surface area contributed by atoms with E-state index in [-0.39, 0.29) is 13.0 Å². The van der Waals surface area contributed by atoms with E-state index < -0.39 is 23.5 Å². The second-order valence-corrected chi connectivity index (χ2v) is 8.78. The van der Waals surface area contributed by atoms with Gasteiger partial charge in [-0.2, -0.15) is 0 Å². The lowest BCUT2D eigenvalue weighted by Gasteiger charge is -2.37. The monoisotopic (exact) mass is 477 g/mol. The molecule has 5 nitrogen and oxygen atoms in total. The number of hydrogen-bond acceptors (Lipinski definition) is 5. The molecule has 0 spiro atoms. The van der Waals surface area contributed by atoms with Crippen molar-refractivity contribution in [3.63, 3.8) is 0 Å². The molecule has 0 radical (unpaired) electrons. The smallest absolute Gasteiger partial charge is 0.324 e. The summed E-state index contributed by atoms with van der Waals surface area (Å²) < 4.78 is 10.6. The Hall–Kier alpha value is -4.22. The summed E-state index contributed by atoms with van der Waals surface area (Å²) in [6.45, 7) is 0.116. The molecule has 4 aromatic rings. The predicted molar refractivity (Wildman–Crippen MR) is 138 cm³/mol. The van der Waals surface area contributed by atoms with Crippen LogP contribution in [0.25, 0.3) is 11.1 Å². The second kappa shape index (κ2) is 10.2. The van der Waals surface area contributed by atoms with Crippen LogP contribution in [0.3, 0.4) is 0 Å². The summed E-state index contributed by atoms with van der Waals surface area (Å²) >= 11 is 0. The zero-order valence-electron chi connectivity index (χ0n) is 20.0. The maximum atomic E-state index is 13.5. The fourth-order valence-corrected chi connectivity index (χ4v) is 5.01. The van der Waals surface area contributed by atoms with Gasteiger partial charge in [-0.15, -0.1) is 0 Å². The molecule has 0 bridgehead atoms. The van der Waals surface area contributed by atoms with Crippen molar-refractivity contribution in [3.05, 3.63) is 131 Å². The third kappa shape index (κ3) is 4.30. The topological polar surface area (TPSA) is 64.6 Å². The van der Waals surface area contributed by atoms with Crippen molar-refractivity contribution >= 4 is 11.9 Å². The average Bonchev–Trinajstić information content (AvgIpc) is 3.23. The van der Waals surface area contributed by atoms with Crippen LogP contribution < -0.4 is 5.32 Å². The summed E-state index contributed by atoms with van der Waals surface area (Å²) in [6, 6.07) is 34.9. The van der Waals surface area contributed by atoms with Gasteiger partial charge in [0.05, 0.1) is 19.1 Å². The van der Waals surface area contributed by atoms with Crippen LogP contribution in [0.4, 0.5) is 0 Å². The number of carbonyl (C=O) groups excluding carboxylic acids is 2. The Bertz CT molecular complexity index is 1320. The van der Waals surface area contributed by atoms with Gasteiger partial charge in [0.2, 0.25) is 0 Å². The fourth-order valence-electron chi connectivity index (χ4n) is 5.01. The van der Waals surface area contributed by atoms with Crippen LogP contribution in [-0.4, -0.2) is 25.1 Å². The van der Waals surface area contributed by atoms with E-state index in [0.717, 1.165) is 33.4 Å². The van der Waals surface area contributed by atoms with E-state index in [4.69, 9.17) is 9.47 Å². The lowest BCUT2D eigenvalue weighted by molar-refractivity contribution is -0.153. The Labute approximate surface area is 210 Å². The van der Waals surface area contributed by atoms with Gasteiger partial charge in [-0.3, -0.25) is 14.9 Å². The van der Waals surface area contributed by atoms with E-state index in [1.54, 1.807) is 0 Å². The number of esters is 2. The molecule has 0 aromatic heterocycles. The van der Waals surface area contributed by atoms with Gasteiger partial charge in [-0.05, 0) is 33.4 Å². The number of nitrogens with one attached hydrogen (secondary N) is 1. The molecule has 0 amide bonds. The number of ether oxygens (including phenoxy) is 2. The standard InChI is InChI=1S/C31H27NO4/c1-35-29(33)20-28(30(34)36-21-22-12-4-2-5-13-22)32-31(23-14-6-3-7-15-23)26-18-10-8-16-24(26)25-17-9-11-19-27(25)31/h2-19,28,32H,20-21H2,1H3. The van der Waals surface area contributed by atoms with Crippen LogP contribution in [0.2, 0.25) is 0 Å². The fraction of sp³-hybridized carbons (Fsp3) is 0.161. The van der Waals surface area contributed by atoms with Crippen molar-refractivity contribution in [2.75, 3.05) is 7.11 Å². The maximum absolute atomic E-state index is 13.5. The van der Waals surface area contributed by atoms with Crippen LogP contribution in [-0.2, 0) is 31.2 Å². The first kappa shape index (κ1) is 23.5. The second-order valence-electron chi connectivity index (χ2n) is 8.78. The number of methoxy groups -OCH3 is 1. The number of rotatable bonds is 8. The van der Waals surface area contributed by atoms with Gasteiger partial charge in [0, 0.05) is 0 Å². The highest BCUT2D eigenvalue weighted by molar-refractivity contribution is 5.86. The zero-order chi connectivity index (χ0) is 25.0. The molecule has 1 aliphatic rings. The first-order valence-electron chi connectivity index (χ1n) is 11.9. The normalized spacial score (nSPS) is 13.8. The van der Waals surface area contributed by atoms with E-state index >= 15 is 0 Å². The molecule has 0 heterocycles. The largest absolute Gasteiger partial charge is 0.469 e. The molecule has 1 unspecified atom stereocenters. The number of hydrogen-bond donors (Lipinski definition) is 1. The number of carbonyl (C=O) groups is 2. The molecular formula is C31H27NO4. The van der Waals surface area contributed by atoms with Gasteiger partial charge < -0.3 is 9.47 Å². The molecular weight excluding hydrogens is 450 g/mol. The number of fused-ring (bicyclic) bond motifs is 3. The van der Waals surface area contributed by atoms with Gasteiger partial charge in [0.15, 0.2) is 0 Å². The number of benzene rings is 4. The van der Waals surface area contributed by atoms with Crippen LogP contribution in [0.5, 0.6) is 0 Å². The van der Waals surface area contributed by atoms with Gasteiger partial charge >= 0.3 is 11.9 Å². The van der Waals surface area contributed by atoms with Crippen molar-refractivity contribution in [1.29, 1.82) is 0 Å². The van der Waals surface area contributed by atoms with E-state index in [1.807, 2.05) is 84.9 Å². The van der Waals surface area contributed by atoms with Crippen molar-refractivity contribution in [1.82, 2.24) is 5.32 Å². The summed E-state index contributed by atoms with van der Waals surface area (Å²) in [7, 11) is 1.32. The first-order valence-corrected chi connectivity index (χ1v) is 11.9. The van der Waals surface area contributed by atoms with Crippen molar-refractivity contribution < 1.29 is 19.1 Å². The Balaban J connectivity index is 1.60. The molecule has 0 fully saturated rings. The lowest BCUT2D eigenvalue weighted by Crippen LogP contribution is -2.52. The van der Waals surface area contributed by atoms with Gasteiger partial charge in [-0.25, -0.2) is 0 Å². The Kier molecular flexibility index (Phi) is 6.65. The van der Waals surface area contributed by atoms with E-state index in [9.17, 15) is 9.59 Å². The van der Waals surface area contributed by atoms with E-state index in [1.165, 1.54) is 7.11 Å². The van der Waals surface area contributed by atoms with Crippen molar-refractivity contribution in [2.24, 2.45) is 0 Å². The predicted octanol–water partition coefficient (Wildman–Crippen LogP) is 5.22. The van der Waals surface area contributed by atoms with Crippen molar-refractivity contribution in [3.8, 4) is 11.1 Å². The zero-order valence-corrected chi connectivity index (χ0v) is 20.0. The third-order valence-corrected chi connectivity index (χ3v) is 6.66. The van der Waals surface area contributed by atoms with Gasteiger partial charge in [0.25, 0.3) is 0 Å². The molecule has 1 atom stereocenters. The molecule has 0 saturated carbocycles. The summed E-state index contributed by atoms with van der Waals surface area (Å²) in [5.74, 6) is -1.01. The summed E-state index contributed by atoms with van der Waals surface area (Å²) in [4.78, 5) is 25.9. The maximum Gasteiger partial charge on any atom is 0.324 e. The molecule has 5 heteroatoms. The lowest BCUT2D eigenvalue weighted by atomic mass is 9.79. The van der Waals surface area contributed by atoms with E-state index in [0.29, 0.717) is 0 Å². The molecule has 0 aliphatic heterocycles. The minimum Gasteiger partial charge on any atom is -0.469 e. The third-order valence-electron chi connectivity index (χ3n) is 6.66. The molecule has 180 valence electrons. The van der Waals surface area contributed by atoms with Crippen LogP contribution >= 0.6 is 0 Å². The van der Waals surface area contributed by atoms with Crippen LogP contribution in [0, 0.1) is 0 Å². The minimum absolute atomic E-state index is 0.116. The summed E-state index contributed by atoms with van der Waals surface area (Å²) in [6.07, 6.45) is -0.164. The molecule has 0 saturated heterocycles. The first-order chi connectivity index (χ1) is 17.6. The SMILES string of the molecule is COC(=O)CC(NC1(c2ccccc2)c2ccccc2-c2ccccc21)C(=O)OCc1ccccc1. The average molecular weight is 478 g/mol. The highest BCUT2D eigenvalue weighted by Gasteiger charge is 2.47. The Morgan fingerprint density at radius 1 is 0.750 bits per heavy atom. The molecule has 1 aliphatic carbocycles. The molecule has 5 rings (SSSR count). The van der Waals surface area contributed by atoms with Gasteiger partial charge in [0.1, 0.15) is 12.6 Å². The van der Waals surface area contributed by atoms with Crippen LogP contribution in [0.15, 0.2) is 109 Å². The van der Waals surface area contributed by atoms with Crippen molar-refractivity contribution in [2.45, 2.75) is 24.6 Å². The minimum atomic E-state index is -0.944. The molecule has 36 heavy (non-hydrogen) atoms. The highest BCUT2D eigenvalue weighted by Crippen LogP contribution is 2.51. The van der Waals surface area contributed by atoms with E-state index in [2.05, 4.69) is 29.6 Å². The van der Waals surface area contributed by atoms with Crippen LogP contribution in [0.1, 0.15) is 28.7 Å². The quantitative estimate of drug-likeness (QED) is 0.353. The Morgan fingerprint density at radius 3 is 1.86 bits per heavy atom. The van der Waals surface area contributed by atoms with Gasteiger partial charge in [-0.1, -0.05) is 109 Å². The summed E-state index contributed by atoms with van der Waals surface area (Å²) in [5.41, 5.74) is 5.17.